The van der Waals surface area contributed by atoms with Crippen molar-refractivity contribution in [2.75, 3.05) is 0 Å². The van der Waals surface area contributed by atoms with Crippen LogP contribution in [0.3, 0.4) is 0 Å². The normalized spacial score (nSPS) is 14.4. The number of sulfonamides is 1. The van der Waals surface area contributed by atoms with Gasteiger partial charge in [0.25, 0.3) is 0 Å². The summed E-state index contributed by atoms with van der Waals surface area (Å²) < 4.78 is 28.8. The summed E-state index contributed by atoms with van der Waals surface area (Å²) in [6.45, 7) is 3.75. The first-order chi connectivity index (χ1) is 9.97. The molecule has 0 saturated heterocycles. The molecule has 112 valence electrons. The van der Waals surface area contributed by atoms with Crippen molar-refractivity contribution in [3.05, 3.63) is 46.8 Å². The highest BCUT2D eigenvalue weighted by atomic mass is 32.2. The molecule has 2 heterocycles. The number of nitrogens with zero attached hydrogens (tertiary/aromatic N) is 2. The summed E-state index contributed by atoms with van der Waals surface area (Å²) in [7, 11) is -1.81. The van der Waals surface area contributed by atoms with E-state index in [1.54, 1.807) is 18.7 Å². The lowest BCUT2D eigenvalue weighted by molar-refractivity contribution is 0.580. The van der Waals surface area contributed by atoms with Crippen LogP contribution in [0, 0.1) is 6.92 Å². The Labute approximate surface area is 124 Å². The molecule has 6 nitrogen and oxygen atoms in total. The first kappa shape index (κ1) is 14.2. The van der Waals surface area contributed by atoms with E-state index in [1.807, 2.05) is 18.2 Å². The van der Waals surface area contributed by atoms with Crippen molar-refractivity contribution in [1.29, 1.82) is 0 Å². The summed E-state index contributed by atoms with van der Waals surface area (Å²) in [4.78, 5) is 0.229. The molecule has 1 aliphatic heterocycles. The van der Waals surface area contributed by atoms with Gasteiger partial charge in [-0.05, 0) is 23.6 Å². The van der Waals surface area contributed by atoms with Crippen LogP contribution in [0.1, 0.15) is 22.4 Å². The van der Waals surface area contributed by atoms with Gasteiger partial charge in [-0.25, -0.2) is 13.1 Å². The minimum Gasteiger partial charge on any atom is -0.309 e. The van der Waals surface area contributed by atoms with Crippen LogP contribution in [0.2, 0.25) is 0 Å². The Bertz CT molecular complexity index is 780. The van der Waals surface area contributed by atoms with Crippen molar-refractivity contribution in [1.82, 2.24) is 19.8 Å². The molecular weight excluding hydrogens is 288 g/mol. The van der Waals surface area contributed by atoms with Crippen molar-refractivity contribution in [3.63, 3.8) is 0 Å². The van der Waals surface area contributed by atoms with Gasteiger partial charge in [-0.2, -0.15) is 5.10 Å². The molecule has 0 saturated carbocycles. The number of benzene rings is 1. The van der Waals surface area contributed by atoms with Gasteiger partial charge in [0.15, 0.2) is 0 Å². The third-order valence-corrected chi connectivity index (χ3v) is 5.35. The third kappa shape index (κ3) is 2.72. The molecule has 0 atom stereocenters. The van der Waals surface area contributed by atoms with Gasteiger partial charge in [-0.3, -0.25) is 4.68 Å². The first-order valence-electron chi connectivity index (χ1n) is 6.77. The van der Waals surface area contributed by atoms with E-state index < -0.39 is 10.0 Å². The van der Waals surface area contributed by atoms with Gasteiger partial charge in [0.05, 0.1) is 11.9 Å². The fourth-order valence-corrected chi connectivity index (χ4v) is 3.68. The van der Waals surface area contributed by atoms with Crippen LogP contribution in [0.4, 0.5) is 0 Å². The van der Waals surface area contributed by atoms with Gasteiger partial charge in [0, 0.05) is 26.7 Å². The highest BCUT2D eigenvalue weighted by Gasteiger charge is 2.20. The van der Waals surface area contributed by atoms with Crippen molar-refractivity contribution in [3.8, 4) is 0 Å². The zero-order chi connectivity index (χ0) is 15.0. The van der Waals surface area contributed by atoms with E-state index in [-0.39, 0.29) is 11.4 Å². The van der Waals surface area contributed by atoms with Gasteiger partial charge in [0.1, 0.15) is 4.90 Å². The molecule has 0 amide bonds. The topological polar surface area (TPSA) is 76.0 Å². The Balaban J connectivity index is 1.76. The standard InChI is InChI=1S/C14H18N4O2S/c1-10-14(9-16-18(10)2)21(19,20)17-6-11-3-4-12-7-15-8-13(12)5-11/h3-5,9,15,17H,6-8H2,1-2H3. The molecule has 0 aliphatic carbocycles. The average molecular weight is 306 g/mol. The Hall–Kier alpha value is -1.70. The fraction of sp³-hybridized carbons (Fsp3) is 0.357. The molecule has 0 spiro atoms. The molecule has 0 fully saturated rings. The van der Waals surface area contributed by atoms with Crippen LogP contribution in [0.15, 0.2) is 29.3 Å². The molecule has 0 bridgehead atoms. The van der Waals surface area contributed by atoms with E-state index in [0.29, 0.717) is 5.69 Å². The van der Waals surface area contributed by atoms with Crippen molar-refractivity contribution < 1.29 is 8.42 Å². The zero-order valence-electron chi connectivity index (χ0n) is 12.0. The molecule has 21 heavy (non-hydrogen) atoms. The summed E-state index contributed by atoms with van der Waals surface area (Å²) >= 11 is 0. The highest BCUT2D eigenvalue weighted by Crippen LogP contribution is 2.18. The highest BCUT2D eigenvalue weighted by molar-refractivity contribution is 7.89. The molecule has 3 rings (SSSR count). The predicted molar refractivity (Wildman–Crippen MR) is 79.0 cm³/mol. The number of nitrogens with one attached hydrogen (secondary N) is 2. The predicted octanol–water partition coefficient (Wildman–Crippen LogP) is 0.810. The summed E-state index contributed by atoms with van der Waals surface area (Å²) in [5, 5.41) is 7.25. The lowest BCUT2D eigenvalue weighted by Crippen LogP contribution is -2.23. The maximum Gasteiger partial charge on any atom is 0.244 e. The van der Waals surface area contributed by atoms with Gasteiger partial charge in [0.2, 0.25) is 10.0 Å². The number of fused-ring (bicyclic) bond motifs is 1. The summed E-state index contributed by atoms with van der Waals surface area (Å²) in [5.74, 6) is 0. The second kappa shape index (κ2) is 5.25. The molecular formula is C14H18N4O2S. The van der Waals surface area contributed by atoms with Crippen LogP contribution < -0.4 is 10.0 Å². The number of hydrogen-bond donors (Lipinski definition) is 2. The first-order valence-corrected chi connectivity index (χ1v) is 8.25. The quantitative estimate of drug-likeness (QED) is 0.876. The summed E-state index contributed by atoms with van der Waals surface area (Å²) in [6, 6.07) is 6.06. The van der Waals surface area contributed by atoms with Crippen molar-refractivity contribution in [2.24, 2.45) is 7.05 Å². The molecule has 2 aromatic rings. The summed E-state index contributed by atoms with van der Waals surface area (Å²) in [5.41, 5.74) is 4.11. The van der Waals surface area contributed by atoms with Crippen LogP contribution in [0.5, 0.6) is 0 Å². The maximum atomic E-state index is 12.3. The SMILES string of the molecule is Cc1c(S(=O)(=O)NCc2ccc3c(c2)CNC3)cnn1C. The number of hydrogen-bond acceptors (Lipinski definition) is 4. The molecule has 1 aliphatic rings. The molecule has 1 aromatic carbocycles. The van der Waals surface area contributed by atoms with Crippen LogP contribution in [-0.2, 0) is 36.7 Å². The third-order valence-electron chi connectivity index (χ3n) is 3.85. The van der Waals surface area contributed by atoms with E-state index in [0.717, 1.165) is 18.7 Å². The number of rotatable bonds is 4. The Morgan fingerprint density at radius 3 is 2.81 bits per heavy atom. The Morgan fingerprint density at radius 2 is 2.10 bits per heavy atom. The van der Waals surface area contributed by atoms with E-state index in [4.69, 9.17) is 0 Å². The van der Waals surface area contributed by atoms with E-state index in [9.17, 15) is 8.42 Å². The van der Waals surface area contributed by atoms with Crippen LogP contribution >= 0.6 is 0 Å². The second-order valence-electron chi connectivity index (χ2n) is 5.25. The summed E-state index contributed by atoms with van der Waals surface area (Å²) in [6.07, 6.45) is 1.38. The van der Waals surface area contributed by atoms with E-state index in [1.165, 1.54) is 17.3 Å². The number of aromatic nitrogens is 2. The minimum absolute atomic E-state index is 0.229. The zero-order valence-corrected chi connectivity index (χ0v) is 12.9. The van der Waals surface area contributed by atoms with Crippen molar-refractivity contribution in [2.45, 2.75) is 31.5 Å². The van der Waals surface area contributed by atoms with E-state index in [2.05, 4.69) is 15.1 Å². The van der Waals surface area contributed by atoms with Gasteiger partial charge < -0.3 is 5.32 Å². The van der Waals surface area contributed by atoms with Gasteiger partial charge in [-0.1, -0.05) is 18.2 Å². The molecule has 7 heteroatoms. The monoisotopic (exact) mass is 306 g/mol. The second-order valence-corrected chi connectivity index (χ2v) is 6.98. The minimum atomic E-state index is -3.53. The van der Waals surface area contributed by atoms with E-state index >= 15 is 0 Å². The molecule has 1 aromatic heterocycles. The molecule has 2 N–H and O–H groups in total. The van der Waals surface area contributed by atoms with Crippen LogP contribution in [-0.4, -0.2) is 18.2 Å². The largest absolute Gasteiger partial charge is 0.309 e. The Morgan fingerprint density at radius 1 is 1.33 bits per heavy atom. The lowest BCUT2D eigenvalue weighted by atomic mass is 10.1. The van der Waals surface area contributed by atoms with Crippen LogP contribution in [0.25, 0.3) is 0 Å². The van der Waals surface area contributed by atoms with Gasteiger partial charge in [-0.15, -0.1) is 0 Å². The maximum absolute atomic E-state index is 12.3. The smallest absolute Gasteiger partial charge is 0.244 e. The molecule has 0 unspecified atom stereocenters. The molecule has 0 radical (unpaired) electrons. The average Bonchev–Trinajstić information content (AvgIpc) is 3.04. The Kier molecular flexibility index (Phi) is 3.56. The van der Waals surface area contributed by atoms with Gasteiger partial charge >= 0.3 is 0 Å². The fourth-order valence-electron chi connectivity index (χ4n) is 2.46. The number of aryl methyl sites for hydroxylation is 1. The lowest BCUT2D eigenvalue weighted by Gasteiger charge is -2.08. The van der Waals surface area contributed by atoms with Crippen molar-refractivity contribution >= 4 is 10.0 Å².